The average molecular weight is 425 g/mol. The third-order valence-corrected chi connectivity index (χ3v) is 9.86. The maximum atomic E-state index is 12.0. The number of nitrogens with one attached hydrogen (secondary N) is 1. The van der Waals surface area contributed by atoms with Gasteiger partial charge in [0, 0.05) is 0 Å². The van der Waals surface area contributed by atoms with Crippen LogP contribution in [0.15, 0.2) is 6.20 Å². The van der Waals surface area contributed by atoms with Gasteiger partial charge >= 0.3 is 142 Å². The Kier molecular flexibility index (Phi) is 4.82. The Labute approximate surface area is 141 Å². The Hall–Kier alpha value is -0.891. The molecular formula is C16H26N4O2Sn. The fourth-order valence-corrected chi connectivity index (χ4v) is 5.87. The van der Waals surface area contributed by atoms with Crippen LogP contribution in [0.5, 0.6) is 0 Å². The summed E-state index contributed by atoms with van der Waals surface area (Å²) in [4.78, 5) is 30.7. The molecule has 0 bridgehead atoms. The SMILES string of the molecule is COC1CCC(N2CC(=O)Nc3nc[c]([Sn]([CH3])([CH3])[CH3])nc32)CC1. The summed E-state index contributed by atoms with van der Waals surface area (Å²) in [7, 11) is 1.78. The fraction of sp³-hybridized carbons (Fsp3) is 0.688. The van der Waals surface area contributed by atoms with Gasteiger partial charge < -0.3 is 0 Å². The molecule has 0 aromatic carbocycles. The monoisotopic (exact) mass is 426 g/mol. The van der Waals surface area contributed by atoms with E-state index in [0.29, 0.717) is 24.5 Å². The molecule has 0 saturated heterocycles. The molecule has 0 atom stereocenters. The molecule has 2 aliphatic rings. The zero-order valence-corrected chi connectivity index (χ0v) is 17.3. The van der Waals surface area contributed by atoms with Crippen molar-refractivity contribution in [2.45, 2.75) is 52.6 Å². The van der Waals surface area contributed by atoms with Crippen LogP contribution in [0.1, 0.15) is 25.7 Å². The predicted octanol–water partition coefficient (Wildman–Crippen LogP) is 1.74. The van der Waals surface area contributed by atoms with E-state index >= 15 is 0 Å². The molecule has 1 amide bonds. The van der Waals surface area contributed by atoms with Gasteiger partial charge in [-0.05, 0) is 0 Å². The topological polar surface area (TPSA) is 67.3 Å². The van der Waals surface area contributed by atoms with Crippen LogP contribution in [0.4, 0.5) is 11.6 Å². The maximum absolute atomic E-state index is 12.0. The predicted molar refractivity (Wildman–Crippen MR) is 94.0 cm³/mol. The van der Waals surface area contributed by atoms with E-state index in [2.05, 4.69) is 30.0 Å². The Balaban J connectivity index is 1.89. The molecule has 0 radical (unpaired) electrons. The molecular weight excluding hydrogens is 399 g/mol. The number of methoxy groups -OCH3 is 1. The molecule has 6 nitrogen and oxygen atoms in total. The van der Waals surface area contributed by atoms with Crippen LogP contribution in [-0.4, -0.2) is 60.1 Å². The molecule has 1 fully saturated rings. The molecule has 1 aliphatic heterocycles. The van der Waals surface area contributed by atoms with Gasteiger partial charge in [0.15, 0.2) is 0 Å². The summed E-state index contributed by atoms with van der Waals surface area (Å²) >= 11 is -2.29. The first kappa shape index (κ1) is 16.9. The number of hydrogen-bond acceptors (Lipinski definition) is 5. The molecule has 1 N–H and O–H groups in total. The number of carbonyl (C=O) groups excluding carboxylic acids is 1. The Morgan fingerprint density at radius 3 is 2.57 bits per heavy atom. The number of hydrogen-bond donors (Lipinski definition) is 1. The van der Waals surface area contributed by atoms with Crippen LogP contribution >= 0.6 is 0 Å². The quantitative estimate of drug-likeness (QED) is 0.748. The van der Waals surface area contributed by atoms with E-state index in [1.165, 1.54) is 0 Å². The van der Waals surface area contributed by atoms with Crippen LogP contribution in [0.2, 0.25) is 14.8 Å². The number of carbonyl (C=O) groups is 1. The summed E-state index contributed by atoms with van der Waals surface area (Å²) in [6.45, 7) is 0.382. The van der Waals surface area contributed by atoms with E-state index in [4.69, 9.17) is 9.72 Å². The summed E-state index contributed by atoms with van der Waals surface area (Å²) in [5, 5.41) is 2.87. The molecule has 2 heterocycles. The Morgan fingerprint density at radius 2 is 1.96 bits per heavy atom. The van der Waals surface area contributed by atoms with Gasteiger partial charge in [0.25, 0.3) is 0 Å². The number of ether oxygens (including phenoxy) is 1. The van der Waals surface area contributed by atoms with E-state index in [0.717, 1.165) is 35.2 Å². The number of anilines is 2. The summed E-state index contributed by atoms with van der Waals surface area (Å²) in [6, 6.07) is 0.353. The fourth-order valence-electron chi connectivity index (χ4n) is 3.32. The van der Waals surface area contributed by atoms with Crippen molar-refractivity contribution in [3.8, 4) is 0 Å². The van der Waals surface area contributed by atoms with Crippen molar-refractivity contribution in [1.82, 2.24) is 9.97 Å². The number of fused-ring (bicyclic) bond motifs is 1. The second-order valence-electron chi connectivity index (χ2n) is 7.52. The molecule has 0 unspecified atom stereocenters. The second kappa shape index (κ2) is 6.55. The standard InChI is InChI=1S/C13H17N4O2.3CH3.Sn/c1-19-10-4-2-9(3-5-10)17-8-11(18)16-12-13(17)15-7-6-14-12;;;;/h6,9-10H,2-5,8H2,1H3,(H,14,16,18);3*1H3;. The molecule has 1 aliphatic carbocycles. The van der Waals surface area contributed by atoms with Crippen molar-refractivity contribution in [1.29, 1.82) is 0 Å². The molecule has 1 aromatic heterocycles. The van der Waals surface area contributed by atoms with Gasteiger partial charge in [-0.25, -0.2) is 0 Å². The average Bonchev–Trinajstić information content (AvgIpc) is 2.53. The first-order valence-corrected chi connectivity index (χ1v) is 18.3. The third-order valence-electron chi connectivity index (χ3n) is 4.78. The summed E-state index contributed by atoms with van der Waals surface area (Å²) in [6.07, 6.45) is 6.37. The minimum absolute atomic E-state index is 0.00712. The molecule has 3 rings (SSSR count). The van der Waals surface area contributed by atoms with Crippen molar-refractivity contribution < 1.29 is 9.53 Å². The first-order chi connectivity index (χ1) is 10.9. The molecule has 1 aromatic rings. The van der Waals surface area contributed by atoms with E-state index < -0.39 is 18.4 Å². The summed E-state index contributed by atoms with van der Waals surface area (Å²) in [5.74, 6) is 1.50. The van der Waals surface area contributed by atoms with E-state index in [1.807, 2.05) is 6.20 Å². The van der Waals surface area contributed by atoms with Crippen LogP contribution < -0.4 is 13.9 Å². The van der Waals surface area contributed by atoms with Gasteiger partial charge in [0.1, 0.15) is 0 Å². The Morgan fingerprint density at radius 1 is 1.26 bits per heavy atom. The van der Waals surface area contributed by atoms with Gasteiger partial charge in [-0.3, -0.25) is 0 Å². The van der Waals surface area contributed by atoms with Crippen LogP contribution in [0.3, 0.4) is 0 Å². The van der Waals surface area contributed by atoms with Crippen LogP contribution in [0, 0.1) is 0 Å². The number of rotatable bonds is 3. The minimum atomic E-state index is -2.29. The van der Waals surface area contributed by atoms with E-state index in [-0.39, 0.29) is 5.91 Å². The second-order valence-corrected chi connectivity index (χ2v) is 21.8. The summed E-state index contributed by atoms with van der Waals surface area (Å²) < 4.78 is 6.62. The molecule has 126 valence electrons. The van der Waals surface area contributed by atoms with Crippen LogP contribution in [0.25, 0.3) is 0 Å². The normalized spacial score (nSPS) is 25.0. The van der Waals surface area contributed by atoms with Gasteiger partial charge in [0.2, 0.25) is 0 Å². The van der Waals surface area contributed by atoms with Crippen molar-refractivity contribution >= 4 is 39.6 Å². The van der Waals surface area contributed by atoms with E-state index in [1.54, 1.807) is 7.11 Å². The van der Waals surface area contributed by atoms with E-state index in [9.17, 15) is 4.79 Å². The zero-order valence-electron chi connectivity index (χ0n) is 14.4. The molecule has 1 saturated carbocycles. The van der Waals surface area contributed by atoms with Crippen molar-refractivity contribution in [2.24, 2.45) is 0 Å². The zero-order chi connectivity index (χ0) is 16.6. The van der Waals surface area contributed by atoms with Crippen molar-refractivity contribution in [2.75, 3.05) is 23.9 Å². The van der Waals surface area contributed by atoms with Gasteiger partial charge in [0.05, 0.1) is 0 Å². The van der Waals surface area contributed by atoms with Crippen LogP contribution in [-0.2, 0) is 9.53 Å². The van der Waals surface area contributed by atoms with Gasteiger partial charge in [-0.2, -0.15) is 0 Å². The van der Waals surface area contributed by atoms with Gasteiger partial charge in [-0.15, -0.1) is 0 Å². The Bertz CT molecular complexity index is 594. The number of nitrogens with zero attached hydrogens (tertiary/aromatic N) is 3. The summed E-state index contributed by atoms with van der Waals surface area (Å²) in [5.41, 5.74) is 0. The molecule has 7 heteroatoms. The first-order valence-electron chi connectivity index (χ1n) is 8.35. The van der Waals surface area contributed by atoms with Crippen molar-refractivity contribution in [3.05, 3.63) is 6.20 Å². The number of amides is 1. The van der Waals surface area contributed by atoms with Crippen molar-refractivity contribution in [3.63, 3.8) is 0 Å². The molecule has 0 spiro atoms. The number of aromatic nitrogens is 2. The molecule has 23 heavy (non-hydrogen) atoms. The van der Waals surface area contributed by atoms with Gasteiger partial charge in [-0.1, -0.05) is 0 Å². The third kappa shape index (κ3) is 3.63.